The highest BCUT2D eigenvalue weighted by Gasteiger charge is 2.18. The first-order chi connectivity index (χ1) is 10.0. The maximum Gasteiger partial charge on any atom is 0.326 e. The largest absolute Gasteiger partial charge is 0.493 e. The van der Waals surface area contributed by atoms with Gasteiger partial charge < -0.3 is 15.2 Å². The molecule has 1 amide bonds. The SMILES string of the molecule is CCCC[C@H](NC(=O)CCOc1ccc(F)cc1)C(=O)O. The molecule has 21 heavy (non-hydrogen) atoms. The molecule has 0 unspecified atom stereocenters. The van der Waals surface area contributed by atoms with Gasteiger partial charge in [0.1, 0.15) is 17.6 Å². The Bertz CT molecular complexity index is 461. The number of hydrogen-bond acceptors (Lipinski definition) is 3. The molecule has 1 rings (SSSR count). The van der Waals surface area contributed by atoms with Crippen LogP contribution >= 0.6 is 0 Å². The van der Waals surface area contributed by atoms with Gasteiger partial charge in [0.25, 0.3) is 0 Å². The van der Waals surface area contributed by atoms with Gasteiger partial charge in [-0.1, -0.05) is 19.8 Å². The van der Waals surface area contributed by atoms with Crippen LogP contribution in [0.15, 0.2) is 24.3 Å². The summed E-state index contributed by atoms with van der Waals surface area (Å²) in [5, 5.41) is 11.5. The number of ether oxygens (including phenoxy) is 1. The first-order valence-corrected chi connectivity index (χ1v) is 6.93. The number of amides is 1. The van der Waals surface area contributed by atoms with Crippen LogP contribution in [0.1, 0.15) is 32.6 Å². The van der Waals surface area contributed by atoms with E-state index in [4.69, 9.17) is 9.84 Å². The van der Waals surface area contributed by atoms with Crippen LogP contribution in [0.5, 0.6) is 5.75 Å². The second-order valence-electron chi connectivity index (χ2n) is 4.65. The average molecular weight is 297 g/mol. The lowest BCUT2D eigenvalue weighted by atomic mass is 10.1. The van der Waals surface area contributed by atoms with E-state index >= 15 is 0 Å². The fourth-order valence-electron chi connectivity index (χ4n) is 1.72. The highest BCUT2D eigenvalue weighted by molar-refractivity contribution is 5.83. The minimum Gasteiger partial charge on any atom is -0.493 e. The van der Waals surface area contributed by atoms with Crippen molar-refractivity contribution in [2.24, 2.45) is 0 Å². The Hall–Kier alpha value is -2.11. The molecule has 5 nitrogen and oxygen atoms in total. The van der Waals surface area contributed by atoms with Crippen molar-refractivity contribution in [3.8, 4) is 5.75 Å². The lowest BCUT2D eigenvalue weighted by Gasteiger charge is -2.14. The maximum atomic E-state index is 12.7. The third kappa shape index (κ3) is 6.74. The van der Waals surface area contributed by atoms with Crippen LogP contribution in [-0.2, 0) is 9.59 Å². The van der Waals surface area contributed by atoms with Crippen molar-refractivity contribution in [2.75, 3.05) is 6.61 Å². The molecule has 0 spiro atoms. The van der Waals surface area contributed by atoms with E-state index < -0.39 is 12.0 Å². The van der Waals surface area contributed by atoms with Crippen LogP contribution < -0.4 is 10.1 Å². The standard InChI is InChI=1S/C15H20FNO4/c1-2-3-4-13(15(19)20)17-14(18)9-10-21-12-7-5-11(16)6-8-12/h5-8,13H,2-4,9-10H2,1H3,(H,17,18)(H,19,20)/t13-/m0/s1. The molecular formula is C15H20FNO4. The fraction of sp³-hybridized carbons (Fsp3) is 0.467. The number of carbonyl (C=O) groups excluding carboxylic acids is 1. The second-order valence-corrected chi connectivity index (χ2v) is 4.65. The molecule has 0 aliphatic rings. The summed E-state index contributed by atoms with van der Waals surface area (Å²) in [6.45, 7) is 2.06. The van der Waals surface area contributed by atoms with E-state index in [9.17, 15) is 14.0 Å². The first kappa shape index (κ1) is 16.9. The van der Waals surface area contributed by atoms with E-state index in [1.54, 1.807) is 0 Å². The van der Waals surface area contributed by atoms with Crippen LogP contribution in [0.4, 0.5) is 4.39 Å². The predicted octanol–water partition coefficient (Wildman–Crippen LogP) is 2.35. The number of nitrogens with one attached hydrogen (secondary N) is 1. The van der Waals surface area contributed by atoms with Crippen molar-refractivity contribution in [3.05, 3.63) is 30.1 Å². The Morgan fingerprint density at radius 1 is 1.33 bits per heavy atom. The monoisotopic (exact) mass is 297 g/mol. The molecule has 0 aromatic heterocycles. The second kappa shape index (κ2) is 8.94. The number of rotatable bonds is 9. The van der Waals surface area contributed by atoms with Gasteiger partial charge in [0.05, 0.1) is 13.0 Å². The highest BCUT2D eigenvalue weighted by Crippen LogP contribution is 2.11. The zero-order valence-corrected chi connectivity index (χ0v) is 12.0. The van der Waals surface area contributed by atoms with Crippen molar-refractivity contribution in [1.82, 2.24) is 5.32 Å². The minimum atomic E-state index is -1.03. The summed E-state index contributed by atoms with van der Waals surface area (Å²) in [4.78, 5) is 22.6. The molecular weight excluding hydrogens is 277 g/mol. The smallest absolute Gasteiger partial charge is 0.326 e. The molecule has 2 N–H and O–H groups in total. The van der Waals surface area contributed by atoms with E-state index in [2.05, 4.69) is 5.32 Å². The molecule has 0 bridgehead atoms. The highest BCUT2D eigenvalue weighted by atomic mass is 19.1. The summed E-state index contributed by atoms with van der Waals surface area (Å²) >= 11 is 0. The van der Waals surface area contributed by atoms with E-state index in [1.807, 2.05) is 6.92 Å². The molecule has 0 aliphatic carbocycles. The number of carboxylic acid groups (broad SMARTS) is 1. The van der Waals surface area contributed by atoms with Gasteiger partial charge in [0.15, 0.2) is 0 Å². The summed E-state index contributed by atoms with van der Waals surface area (Å²) in [5.41, 5.74) is 0. The zero-order chi connectivity index (χ0) is 15.7. The quantitative estimate of drug-likeness (QED) is 0.733. The Kier molecular flexibility index (Phi) is 7.21. The fourth-order valence-corrected chi connectivity index (χ4v) is 1.72. The third-order valence-corrected chi connectivity index (χ3v) is 2.89. The van der Waals surface area contributed by atoms with Gasteiger partial charge in [-0.2, -0.15) is 0 Å². The first-order valence-electron chi connectivity index (χ1n) is 6.93. The summed E-state index contributed by atoms with van der Waals surface area (Å²) in [6.07, 6.45) is 2.07. The van der Waals surface area contributed by atoms with Crippen LogP contribution in [0.25, 0.3) is 0 Å². The summed E-state index contributed by atoms with van der Waals surface area (Å²) in [6, 6.07) is 4.60. The van der Waals surface area contributed by atoms with Gasteiger partial charge in [0, 0.05) is 0 Å². The molecule has 6 heteroatoms. The van der Waals surface area contributed by atoms with E-state index in [0.29, 0.717) is 12.2 Å². The number of hydrogen-bond donors (Lipinski definition) is 2. The molecule has 0 fully saturated rings. The van der Waals surface area contributed by atoms with Crippen molar-refractivity contribution < 1.29 is 23.8 Å². The van der Waals surface area contributed by atoms with Gasteiger partial charge in [-0.15, -0.1) is 0 Å². The number of halogens is 1. The normalized spacial score (nSPS) is 11.7. The van der Waals surface area contributed by atoms with E-state index in [0.717, 1.165) is 12.8 Å². The summed E-state index contributed by atoms with van der Waals surface area (Å²) in [7, 11) is 0. The molecule has 1 aromatic carbocycles. The predicted molar refractivity (Wildman–Crippen MR) is 75.6 cm³/mol. The maximum absolute atomic E-state index is 12.7. The van der Waals surface area contributed by atoms with Crippen LogP contribution in [0, 0.1) is 5.82 Å². The van der Waals surface area contributed by atoms with Gasteiger partial charge in [-0.3, -0.25) is 4.79 Å². The van der Waals surface area contributed by atoms with E-state index in [1.165, 1.54) is 24.3 Å². The lowest BCUT2D eigenvalue weighted by molar-refractivity contribution is -0.142. The van der Waals surface area contributed by atoms with Crippen LogP contribution in [0.2, 0.25) is 0 Å². The van der Waals surface area contributed by atoms with Crippen LogP contribution in [-0.4, -0.2) is 29.6 Å². The van der Waals surface area contributed by atoms with Crippen molar-refractivity contribution in [2.45, 2.75) is 38.6 Å². The van der Waals surface area contributed by atoms with E-state index in [-0.39, 0.29) is 24.8 Å². The molecule has 116 valence electrons. The molecule has 0 saturated carbocycles. The molecule has 0 radical (unpaired) electrons. The number of benzene rings is 1. The van der Waals surface area contributed by atoms with Gasteiger partial charge in [0.2, 0.25) is 5.91 Å². The number of carboxylic acids is 1. The average Bonchev–Trinajstić information content (AvgIpc) is 2.45. The van der Waals surface area contributed by atoms with Gasteiger partial charge in [-0.25, -0.2) is 9.18 Å². The lowest BCUT2D eigenvalue weighted by Crippen LogP contribution is -2.41. The van der Waals surface area contributed by atoms with Crippen molar-refractivity contribution in [3.63, 3.8) is 0 Å². The van der Waals surface area contributed by atoms with Crippen LogP contribution in [0.3, 0.4) is 0 Å². The van der Waals surface area contributed by atoms with Gasteiger partial charge in [-0.05, 0) is 30.7 Å². The third-order valence-electron chi connectivity index (χ3n) is 2.89. The van der Waals surface area contributed by atoms with Crippen molar-refractivity contribution >= 4 is 11.9 Å². The Balaban J connectivity index is 2.32. The molecule has 1 atom stereocenters. The summed E-state index contributed by atoms with van der Waals surface area (Å²) in [5.74, 6) is -1.30. The van der Waals surface area contributed by atoms with Gasteiger partial charge >= 0.3 is 5.97 Å². The zero-order valence-electron chi connectivity index (χ0n) is 12.0. The molecule has 1 aromatic rings. The molecule has 0 saturated heterocycles. The number of unbranched alkanes of at least 4 members (excludes halogenated alkanes) is 1. The minimum absolute atomic E-state index is 0.0489. The topological polar surface area (TPSA) is 75.6 Å². The number of carbonyl (C=O) groups is 2. The Labute approximate surface area is 123 Å². The molecule has 0 heterocycles. The van der Waals surface area contributed by atoms with Crippen molar-refractivity contribution in [1.29, 1.82) is 0 Å². The Morgan fingerprint density at radius 3 is 2.57 bits per heavy atom. The summed E-state index contributed by atoms with van der Waals surface area (Å²) < 4.78 is 18.0. The molecule has 0 aliphatic heterocycles. The number of aliphatic carboxylic acids is 1. The Morgan fingerprint density at radius 2 is 2.00 bits per heavy atom.